The molecule has 0 aromatic heterocycles. The Balaban J connectivity index is 0. The van der Waals surface area contributed by atoms with Gasteiger partial charge >= 0.3 is 45.3 Å². The van der Waals surface area contributed by atoms with Crippen molar-refractivity contribution < 1.29 is 44.5 Å². The second-order valence-corrected chi connectivity index (χ2v) is 6.65. The third kappa shape index (κ3) is 18.4. The molecule has 0 aliphatic heterocycles. The molecule has 1 atom stereocenters. The number of halogens is 6. The maximum absolute atomic E-state index is 11.3. The normalized spacial score (nSPS) is 16.2. The summed E-state index contributed by atoms with van der Waals surface area (Å²) in [4.78, 5) is 19.1. The Bertz CT molecular complexity index is 481. The topological polar surface area (TPSA) is 79.4 Å². The summed E-state index contributed by atoms with van der Waals surface area (Å²) in [6.07, 6.45) is -0.382. The Labute approximate surface area is 134 Å². The van der Waals surface area contributed by atoms with E-state index in [-0.39, 0.29) is 18.7 Å². The van der Waals surface area contributed by atoms with Crippen LogP contribution < -0.4 is 4.90 Å². The van der Waals surface area contributed by atoms with E-state index in [1.165, 1.54) is 0 Å². The number of hydrogen-bond acceptors (Lipinski definition) is 6. The van der Waals surface area contributed by atoms with E-state index in [1.54, 1.807) is 17.9 Å². The minimum absolute atomic E-state index is 0.190. The third-order valence-corrected chi connectivity index (χ3v) is 1.78. The fourth-order valence-corrected chi connectivity index (χ4v) is 1.12. The predicted molar refractivity (Wildman–Crippen MR) is 74.6 cm³/mol. The monoisotopic (exact) mass is 388 g/mol. The van der Waals surface area contributed by atoms with E-state index in [0.717, 1.165) is 4.90 Å². The van der Waals surface area contributed by atoms with Gasteiger partial charge in [0.25, 0.3) is 5.71 Å². The standard InChI is InChI=1S/C10H18N4O3.F6P/c1-6-16-9(15)8(7-11)12-17-10(13(2)3)14(4)5;1-7(2,3,4,5)6/h10H,6H2,1-5H3;/q;-1/p+1/b12-8+;. The van der Waals surface area contributed by atoms with E-state index in [9.17, 15) is 30.0 Å². The van der Waals surface area contributed by atoms with Gasteiger partial charge in [-0.2, -0.15) is 5.26 Å². The van der Waals surface area contributed by atoms with Crippen molar-refractivity contribution in [2.24, 2.45) is 5.16 Å². The Morgan fingerprint density at radius 2 is 1.67 bits per heavy atom. The van der Waals surface area contributed by atoms with Crippen molar-refractivity contribution in [3.8, 4) is 6.07 Å². The van der Waals surface area contributed by atoms with Gasteiger partial charge in [0.05, 0.1) is 20.7 Å². The number of hydrogen-bond donors (Lipinski definition) is 1. The number of ether oxygens (including phenoxy) is 1. The molecule has 24 heavy (non-hydrogen) atoms. The quantitative estimate of drug-likeness (QED) is 0.188. The predicted octanol–water partition coefficient (Wildman–Crippen LogP) is 1.82. The summed E-state index contributed by atoms with van der Waals surface area (Å²) in [6.45, 7) is 1.84. The Morgan fingerprint density at radius 3 is 1.92 bits per heavy atom. The first-order chi connectivity index (χ1) is 10.4. The summed E-state index contributed by atoms with van der Waals surface area (Å²) in [5.41, 5.74) is -0.389. The van der Waals surface area contributed by atoms with Crippen molar-refractivity contribution in [1.82, 2.24) is 4.90 Å². The molecule has 1 unspecified atom stereocenters. The van der Waals surface area contributed by atoms with Crippen LogP contribution in [-0.4, -0.2) is 57.7 Å². The van der Waals surface area contributed by atoms with Gasteiger partial charge in [-0.05, 0) is 21.0 Å². The molecule has 144 valence electrons. The number of nitriles is 1. The number of carbonyl (C=O) groups is 1. The molecule has 14 heteroatoms. The van der Waals surface area contributed by atoms with Crippen LogP contribution in [-0.2, 0) is 14.4 Å². The SMILES string of the molecule is CCOC(=O)/C(C#N)=N/OC(N(C)C)[NH+](C)C.F[P-](F)(F)(F)(F)F. The fourth-order valence-electron chi connectivity index (χ4n) is 1.12. The van der Waals surface area contributed by atoms with Gasteiger partial charge in [-0.15, -0.1) is 0 Å². The minimum atomic E-state index is -10.7. The van der Waals surface area contributed by atoms with E-state index >= 15 is 0 Å². The number of nitrogens with one attached hydrogen (secondary N) is 1. The number of oxime groups is 1. The molecule has 0 aromatic rings. The Kier molecular flexibility index (Phi) is 8.16. The van der Waals surface area contributed by atoms with Gasteiger partial charge in [-0.3, -0.25) is 4.90 Å². The zero-order valence-corrected chi connectivity index (χ0v) is 14.5. The van der Waals surface area contributed by atoms with Crippen molar-refractivity contribution in [3.63, 3.8) is 0 Å². The van der Waals surface area contributed by atoms with Crippen molar-refractivity contribution >= 4 is 19.5 Å². The average Bonchev–Trinajstić information content (AvgIpc) is 2.29. The maximum atomic E-state index is 11.3. The van der Waals surface area contributed by atoms with Crippen LogP contribution in [0.5, 0.6) is 0 Å². The van der Waals surface area contributed by atoms with Gasteiger partial charge in [0.15, 0.2) is 0 Å². The molecule has 0 saturated heterocycles. The first kappa shape index (κ1) is 24.6. The summed E-state index contributed by atoms with van der Waals surface area (Å²) < 4.78 is 63.8. The van der Waals surface area contributed by atoms with Crippen LogP contribution in [0, 0.1) is 11.3 Å². The van der Waals surface area contributed by atoms with Crippen molar-refractivity contribution in [2.45, 2.75) is 13.3 Å². The van der Waals surface area contributed by atoms with Crippen molar-refractivity contribution in [1.29, 1.82) is 5.26 Å². The average molecular weight is 388 g/mol. The zero-order chi connectivity index (χ0) is 19.8. The first-order valence-corrected chi connectivity index (χ1v) is 8.25. The molecule has 0 saturated carbocycles. The fraction of sp³-hybridized carbons (Fsp3) is 0.700. The molecular weight excluding hydrogens is 369 g/mol. The van der Waals surface area contributed by atoms with Crippen LogP contribution in [0.3, 0.4) is 0 Å². The molecule has 7 nitrogen and oxygen atoms in total. The molecule has 0 heterocycles. The Hall–Kier alpha value is -1.64. The molecule has 0 aromatic carbocycles. The number of carbonyl (C=O) groups excluding carboxylic acids is 1. The summed E-state index contributed by atoms with van der Waals surface area (Å²) in [6, 6.07) is 1.64. The van der Waals surface area contributed by atoms with Gasteiger partial charge < -0.3 is 9.57 Å². The number of nitrogens with zero attached hydrogens (tertiary/aromatic N) is 3. The van der Waals surface area contributed by atoms with E-state index < -0.39 is 13.8 Å². The van der Waals surface area contributed by atoms with Gasteiger partial charge in [-0.1, -0.05) is 5.16 Å². The summed E-state index contributed by atoms with van der Waals surface area (Å²) in [5, 5.41) is 12.3. The number of rotatable bonds is 6. The molecule has 0 amide bonds. The summed E-state index contributed by atoms with van der Waals surface area (Å²) in [7, 11) is -3.30. The van der Waals surface area contributed by atoms with Crippen molar-refractivity contribution in [3.05, 3.63) is 0 Å². The molecule has 0 rings (SSSR count). The van der Waals surface area contributed by atoms with Crippen LogP contribution in [0.1, 0.15) is 6.92 Å². The summed E-state index contributed by atoms with van der Waals surface area (Å²) in [5.74, 6) is -0.777. The van der Waals surface area contributed by atoms with E-state index in [1.807, 2.05) is 28.2 Å². The van der Waals surface area contributed by atoms with Crippen LogP contribution in [0.2, 0.25) is 0 Å². The van der Waals surface area contributed by atoms with Gasteiger partial charge in [-0.25, -0.2) is 9.69 Å². The van der Waals surface area contributed by atoms with Crippen LogP contribution in [0.25, 0.3) is 0 Å². The molecule has 0 aliphatic rings. The Morgan fingerprint density at radius 1 is 1.25 bits per heavy atom. The van der Waals surface area contributed by atoms with Crippen molar-refractivity contribution in [2.75, 3.05) is 34.8 Å². The molecule has 0 bridgehead atoms. The summed E-state index contributed by atoms with van der Waals surface area (Å²) >= 11 is 0. The van der Waals surface area contributed by atoms with Gasteiger partial charge in [0.1, 0.15) is 6.07 Å². The zero-order valence-electron chi connectivity index (χ0n) is 13.6. The van der Waals surface area contributed by atoms with Crippen LogP contribution in [0.15, 0.2) is 5.16 Å². The number of quaternary nitrogens is 1. The van der Waals surface area contributed by atoms with Gasteiger partial charge in [0.2, 0.25) is 0 Å². The van der Waals surface area contributed by atoms with Gasteiger partial charge in [0, 0.05) is 0 Å². The molecule has 0 spiro atoms. The van der Waals surface area contributed by atoms with E-state index in [2.05, 4.69) is 9.89 Å². The van der Waals surface area contributed by atoms with Crippen LogP contribution in [0.4, 0.5) is 25.2 Å². The second-order valence-electron chi connectivity index (χ2n) is 4.73. The molecule has 0 aliphatic carbocycles. The van der Waals surface area contributed by atoms with E-state index in [0.29, 0.717) is 0 Å². The molecule has 1 N–H and O–H groups in total. The first-order valence-electron chi connectivity index (χ1n) is 6.23. The van der Waals surface area contributed by atoms with E-state index in [4.69, 9.17) is 10.1 Å². The molecular formula is C10H19F6N4O3P. The number of esters is 1. The molecule has 0 fully saturated rings. The van der Waals surface area contributed by atoms with Crippen LogP contribution >= 0.6 is 7.81 Å². The third-order valence-electron chi connectivity index (χ3n) is 1.78. The molecule has 0 radical (unpaired) electrons. The second kappa shape index (κ2) is 7.96.